The third kappa shape index (κ3) is 3.10. The molecule has 5 nitrogen and oxygen atoms in total. The molecule has 1 saturated carbocycles. The Labute approximate surface area is 119 Å². The Morgan fingerprint density at radius 3 is 3.00 bits per heavy atom. The van der Waals surface area contributed by atoms with Gasteiger partial charge >= 0.3 is 0 Å². The van der Waals surface area contributed by atoms with Crippen LogP contribution in [0, 0.1) is 0 Å². The molecule has 2 aromatic heterocycles. The van der Waals surface area contributed by atoms with Crippen LogP contribution in [-0.4, -0.2) is 27.4 Å². The Bertz CT molecular complexity index is 568. The predicted molar refractivity (Wildman–Crippen MR) is 77.4 cm³/mol. The van der Waals surface area contributed by atoms with Crippen molar-refractivity contribution in [1.82, 2.24) is 20.1 Å². The fourth-order valence-electron chi connectivity index (χ4n) is 2.31. The highest BCUT2D eigenvalue weighted by Gasteiger charge is 2.19. The molecule has 0 atom stereocenters. The van der Waals surface area contributed by atoms with Gasteiger partial charge in [-0.3, -0.25) is 4.68 Å². The Balaban J connectivity index is 1.58. The summed E-state index contributed by atoms with van der Waals surface area (Å²) in [5.41, 5.74) is 2.07. The Morgan fingerprint density at radius 1 is 1.45 bits per heavy atom. The summed E-state index contributed by atoms with van der Waals surface area (Å²) >= 11 is 0. The van der Waals surface area contributed by atoms with Crippen molar-refractivity contribution in [3.05, 3.63) is 23.8 Å². The summed E-state index contributed by atoms with van der Waals surface area (Å²) in [7, 11) is 1.94. The molecule has 5 heteroatoms. The van der Waals surface area contributed by atoms with E-state index >= 15 is 0 Å². The third-order valence-corrected chi connectivity index (χ3v) is 3.68. The van der Waals surface area contributed by atoms with Crippen molar-refractivity contribution in [1.29, 1.82) is 0 Å². The number of nitrogens with one attached hydrogen (secondary N) is 1. The first-order valence-corrected chi connectivity index (χ1v) is 7.47. The van der Waals surface area contributed by atoms with Gasteiger partial charge in [0.1, 0.15) is 5.69 Å². The predicted octanol–water partition coefficient (Wildman–Crippen LogP) is 2.32. The zero-order chi connectivity index (χ0) is 13.9. The molecular weight excluding hydrogens is 252 g/mol. The first kappa shape index (κ1) is 13.4. The molecule has 0 radical (unpaired) electrons. The molecule has 2 aromatic rings. The minimum Gasteiger partial charge on any atom is -0.439 e. The summed E-state index contributed by atoms with van der Waals surface area (Å²) in [5, 5.41) is 7.94. The van der Waals surface area contributed by atoms with Gasteiger partial charge in [0.15, 0.2) is 11.7 Å². The van der Waals surface area contributed by atoms with Crippen molar-refractivity contribution in [2.75, 3.05) is 6.54 Å². The number of rotatable bonds is 7. The van der Waals surface area contributed by atoms with Gasteiger partial charge in [0, 0.05) is 19.5 Å². The van der Waals surface area contributed by atoms with Gasteiger partial charge < -0.3 is 9.73 Å². The maximum Gasteiger partial charge on any atom is 0.195 e. The van der Waals surface area contributed by atoms with Crippen LogP contribution in [0.15, 0.2) is 16.7 Å². The van der Waals surface area contributed by atoms with E-state index in [2.05, 4.69) is 28.4 Å². The van der Waals surface area contributed by atoms with Crippen LogP contribution >= 0.6 is 0 Å². The number of aryl methyl sites for hydroxylation is 3. The summed E-state index contributed by atoms with van der Waals surface area (Å²) in [6, 6.07) is 2.84. The van der Waals surface area contributed by atoms with Gasteiger partial charge in [-0.1, -0.05) is 6.92 Å². The summed E-state index contributed by atoms with van der Waals surface area (Å²) < 4.78 is 7.69. The van der Waals surface area contributed by atoms with Gasteiger partial charge in [0.05, 0.1) is 11.9 Å². The quantitative estimate of drug-likeness (QED) is 0.787. The third-order valence-electron chi connectivity index (χ3n) is 3.68. The summed E-state index contributed by atoms with van der Waals surface area (Å²) in [5.74, 6) is 1.63. The molecule has 0 saturated heterocycles. The Morgan fingerprint density at radius 2 is 2.30 bits per heavy atom. The van der Waals surface area contributed by atoms with E-state index in [9.17, 15) is 0 Å². The van der Waals surface area contributed by atoms with Crippen LogP contribution in [0.1, 0.15) is 37.8 Å². The first-order valence-electron chi connectivity index (χ1n) is 7.47. The fraction of sp³-hybridized carbons (Fsp3) is 0.600. The molecule has 1 N–H and O–H groups in total. The molecule has 0 unspecified atom stereocenters. The van der Waals surface area contributed by atoms with E-state index in [-0.39, 0.29) is 0 Å². The van der Waals surface area contributed by atoms with Gasteiger partial charge in [-0.2, -0.15) is 5.10 Å². The highest BCUT2D eigenvalue weighted by molar-refractivity contribution is 5.51. The van der Waals surface area contributed by atoms with Crippen molar-refractivity contribution in [3.63, 3.8) is 0 Å². The molecule has 1 aliphatic carbocycles. The van der Waals surface area contributed by atoms with Crippen LogP contribution in [0.25, 0.3) is 11.5 Å². The average Bonchev–Trinajstić information content (AvgIpc) is 3.02. The highest BCUT2D eigenvalue weighted by Crippen LogP contribution is 2.22. The smallest absolute Gasteiger partial charge is 0.195 e. The molecule has 108 valence electrons. The molecule has 0 spiro atoms. The normalized spacial score (nSPS) is 14.9. The maximum absolute atomic E-state index is 5.83. The molecule has 1 fully saturated rings. The monoisotopic (exact) mass is 274 g/mol. The number of oxazole rings is 1. The lowest BCUT2D eigenvalue weighted by Gasteiger charge is -2.00. The molecule has 1 aliphatic rings. The second-order valence-corrected chi connectivity index (χ2v) is 5.45. The van der Waals surface area contributed by atoms with Gasteiger partial charge in [0.25, 0.3) is 0 Å². The Hall–Kier alpha value is -1.62. The molecular formula is C15H22N4O. The molecule has 0 amide bonds. The van der Waals surface area contributed by atoms with Crippen molar-refractivity contribution in [3.8, 4) is 11.5 Å². The van der Waals surface area contributed by atoms with Crippen molar-refractivity contribution < 1.29 is 4.42 Å². The molecule has 3 rings (SSSR count). The number of hydrogen-bond acceptors (Lipinski definition) is 4. The van der Waals surface area contributed by atoms with E-state index in [4.69, 9.17) is 4.42 Å². The molecule has 20 heavy (non-hydrogen) atoms. The zero-order valence-electron chi connectivity index (χ0n) is 12.2. The van der Waals surface area contributed by atoms with E-state index in [0.29, 0.717) is 0 Å². The van der Waals surface area contributed by atoms with E-state index in [0.717, 1.165) is 54.9 Å². The van der Waals surface area contributed by atoms with Crippen LogP contribution in [0.3, 0.4) is 0 Å². The van der Waals surface area contributed by atoms with Gasteiger partial charge in [0.2, 0.25) is 0 Å². The van der Waals surface area contributed by atoms with E-state index in [1.54, 1.807) is 6.20 Å². The fourth-order valence-corrected chi connectivity index (χ4v) is 2.31. The number of aromatic nitrogens is 3. The van der Waals surface area contributed by atoms with Crippen LogP contribution < -0.4 is 5.32 Å². The molecule has 0 bridgehead atoms. The van der Waals surface area contributed by atoms with Crippen molar-refractivity contribution in [2.45, 2.75) is 45.1 Å². The minimum atomic E-state index is 0.775. The number of nitrogens with zero attached hydrogens (tertiary/aromatic N) is 3. The summed E-state index contributed by atoms with van der Waals surface area (Å²) in [4.78, 5) is 4.37. The van der Waals surface area contributed by atoms with Gasteiger partial charge in [-0.15, -0.1) is 0 Å². The van der Waals surface area contributed by atoms with Crippen LogP contribution in [0.5, 0.6) is 0 Å². The lowest BCUT2D eigenvalue weighted by molar-refractivity contribution is 0.487. The first-order chi connectivity index (χ1) is 9.76. The standard InChI is InChI=1S/C15H22N4O/c1-3-11-9-13(19(2)18-11)14-10-17-15(20-14)5-4-8-16-12-6-7-12/h9-10,12,16H,3-8H2,1-2H3. The number of hydrogen-bond donors (Lipinski definition) is 1. The second kappa shape index (κ2) is 5.79. The molecule has 0 aromatic carbocycles. The van der Waals surface area contributed by atoms with E-state index < -0.39 is 0 Å². The van der Waals surface area contributed by atoms with Crippen molar-refractivity contribution in [2.24, 2.45) is 7.05 Å². The van der Waals surface area contributed by atoms with Gasteiger partial charge in [-0.05, 0) is 38.3 Å². The minimum absolute atomic E-state index is 0.775. The van der Waals surface area contributed by atoms with E-state index in [1.165, 1.54) is 12.8 Å². The summed E-state index contributed by atoms with van der Waals surface area (Å²) in [6.45, 7) is 3.15. The van der Waals surface area contributed by atoms with Crippen molar-refractivity contribution >= 4 is 0 Å². The second-order valence-electron chi connectivity index (χ2n) is 5.45. The lowest BCUT2D eigenvalue weighted by atomic mass is 10.3. The average molecular weight is 274 g/mol. The van der Waals surface area contributed by atoms with Crippen LogP contribution in [-0.2, 0) is 19.9 Å². The molecule has 2 heterocycles. The largest absolute Gasteiger partial charge is 0.439 e. The molecule has 0 aliphatic heterocycles. The summed E-state index contributed by atoms with van der Waals surface area (Å²) in [6.07, 6.45) is 7.37. The SMILES string of the molecule is CCc1cc(-c2cnc(CCCNC3CC3)o2)n(C)n1. The zero-order valence-corrected chi connectivity index (χ0v) is 12.2. The van der Waals surface area contributed by atoms with Crippen LogP contribution in [0.2, 0.25) is 0 Å². The Kier molecular flexibility index (Phi) is 3.87. The van der Waals surface area contributed by atoms with E-state index in [1.807, 2.05) is 11.7 Å². The topological polar surface area (TPSA) is 55.9 Å². The highest BCUT2D eigenvalue weighted by atomic mass is 16.4. The maximum atomic E-state index is 5.83. The van der Waals surface area contributed by atoms with Gasteiger partial charge in [-0.25, -0.2) is 4.98 Å². The lowest BCUT2D eigenvalue weighted by Crippen LogP contribution is -2.17. The van der Waals surface area contributed by atoms with Crippen LogP contribution in [0.4, 0.5) is 0 Å².